The van der Waals surface area contributed by atoms with E-state index in [-0.39, 0.29) is 0 Å². The van der Waals surface area contributed by atoms with E-state index in [0.717, 1.165) is 6.26 Å². The van der Waals surface area contributed by atoms with E-state index in [1.165, 1.54) is 0 Å². The van der Waals surface area contributed by atoms with Crippen LogP contribution in [0, 0.1) is 5.82 Å². The van der Waals surface area contributed by atoms with Crippen LogP contribution < -0.4 is 5.32 Å². The predicted molar refractivity (Wildman–Crippen MR) is 74.8 cm³/mol. The second-order valence-electron chi connectivity index (χ2n) is 4.74. The molecule has 0 heterocycles. The molecule has 1 atom stereocenters. The minimum atomic E-state index is -3.34. The third-order valence-electron chi connectivity index (χ3n) is 3.23. The first-order chi connectivity index (χ1) is 8.13. The van der Waals surface area contributed by atoms with Gasteiger partial charge in [0, 0.05) is 11.8 Å². The SMILES string of the molecule is CNC(c1cccc(Br)c1F)C(C)(C)S(C)(=O)=O. The maximum Gasteiger partial charge on any atom is 0.154 e. The average molecular weight is 338 g/mol. The molecular weight excluding hydrogens is 321 g/mol. The molecule has 102 valence electrons. The van der Waals surface area contributed by atoms with E-state index in [9.17, 15) is 12.8 Å². The number of benzene rings is 1. The van der Waals surface area contributed by atoms with E-state index in [1.807, 2.05) is 0 Å². The van der Waals surface area contributed by atoms with Crippen LogP contribution in [-0.2, 0) is 9.84 Å². The van der Waals surface area contributed by atoms with E-state index < -0.39 is 26.4 Å². The van der Waals surface area contributed by atoms with Gasteiger partial charge in [-0.2, -0.15) is 0 Å². The largest absolute Gasteiger partial charge is 0.312 e. The first-order valence-electron chi connectivity index (χ1n) is 5.43. The Hall–Kier alpha value is -0.460. The molecular formula is C12H17BrFNO2S. The zero-order chi connectivity index (χ0) is 14.1. The Kier molecular flexibility index (Phi) is 4.56. The number of hydrogen-bond donors (Lipinski definition) is 1. The zero-order valence-electron chi connectivity index (χ0n) is 10.8. The van der Waals surface area contributed by atoms with Gasteiger partial charge in [0.05, 0.1) is 15.3 Å². The van der Waals surface area contributed by atoms with Crippen molar-refractivity contribution in [2.24, 2.45) is 0 Å². The molecule has 0 spiro atoms. The lowest BCUT2D eigenvalue weighted by molar-refractivity contribution is 0.429. The van der Waals surface area contributed by atoms with E-state index in [4.69, 9.17) is 0 Å². The Morgan fingerprint density at radius 2 is 1.94 bits per heavy atom. The van der Waals surface area contributed by atoms with Crippen LogP contribution in [0.4, 0.5) is 4.39 Å². The van der Waals surface area contributed by atoms with Crippen molar-refractivity contribution in [3.05, 3.63) is 34.1 Å². The first-order valence-corrected chi connectivity index (χ1v) is 8.12. The Labute approximate surface area is 116 Å². The fourth-order valence-electron chi connectivity index (χ4n) is 1.84. The van der Waals surface area contributed by atoms with Crippen LogP contribution in [0.25, 0.3) is 0 Å². The molecule has 0 fully saturated rings. The van der Waals surface area contributed by atoms with Gasteiger partial charge in [-0.25, -0.2) is 12.8 Å². The lowest BCUT2D eigenvalue weighted by Gasteiger charge is -2.33. The number of nitrogens with one attached hydrogen (secondary N) is 1. The summed E-state index contributed by atoms with van der Waals surface area (Å²) in [6.45, 7) is 3.17. The average Bonchev–Trinajstić information content (AvgIpc) is 2.23. The molecule has 0 radical (unpaired) electrons. The molecule has 0 saturated carbocycles. The van der Waals surface area contributed by atoms with E-state index >= 15 is 0 Å². The zero-order valence-corrected chi connectivity index (χ0v) is 13.2. The predicted octanol–water partition coefficient (Wildman–Crippen LogP) is 2.67. The molecule has 0 aliphatic carbocycles. The van der Waals surface area contributed by atoms with Crippen molar-refractivity contribution in [3.63, 3.8) is 0 Å². The molecule has 0 aliphatic heterocycles. The van der Waals surface area contributed by atoms with Gasteiger partial charge in [0.15, 0.2) is 9.84 Å². The van der Waals surface area contributed by atoms with Gasteiger partial charge >= 0.3 is 0 Å². The summed E-state index contributed by atoms with van der Waals surface area (Å²) < 4.78 is 37.0. The second kappa shape index (κ2) is 5.27. The van der Waals surface area contributed by atoms with Crippen molar-refractivity contribution >= 4 is 25.8 Å². The topological polar surface area (TPSA) is 46.2 Å². The molecule has 0 aliphatic rings. The highest BCUT2D eigenvalue weighted by molar-refractivity contribution is 9.10. The molecule has 0 amide bonds. The maximum atomic E-state index is 14.1. The minimum Gasteiger partial charge on any atom is -0.312 e. The molecule has 1 aromatic rings. The molecule has 18 heavy (non-hydrogen) atoms. The van der Waals surface area contributed by atoms with Crippen molar-refractivity contribution in [3.8, 4) is 0 Å². The van der Waals surface area contributed by atoms with Crippen molar-refractivity contribution in [2.75, 3.05) is 13.3 Å². The Morgan fingerprint density at radius 3 is 2.39 bits per heavy atom. The van der Waals surface area contributed by atoms with Crippen LogP contribution in [0.5, 0.6) is 0 Å². The highest BCUT2D eigenvalue weighted by Crippen LogP contribution is 2.34. The summed E-state index contributed by atoms with van der Waals surface area (Å²) >= 11 is 3.11. The molecule has 1 unspecified atom stereocenters. The van der Waals surface area contributed by atoms with Gasteiger partial charge in [0.25, 0.3) is 0 Å². The van der Waals surface area contributed by atoms with E-state index in [0.29, 0.717) is 10.0 Å². The molecule has 0 saturated heterocycles. The number of hydrogen-bond acceptors (Lipinski definition) is 3. The van der Waals surface area contributed by atoms with Crippen molar-refractivity contribution in [2.45, 2.75) is 24.6 Å². The van der Waals surface area contributed by atoms with Crippen LogP contribution in [0.3, 0.4) is 0 Å². The third-order valence-corrected chi connectivity index (χ3v) is 5.99. The Bertz CT molecular complexity index is 543. The fraction of sp³-hybridized carbons (Fsp3) is 0.500. The van der Waals surface area contributed by atoms with Crippen LogP contribution >= 0.6 is 15.9 Å². The smallest absolute Gasteiger partial charge is 0.154 e. The molecule has 3 nitrogen and oxygen atoms in total. The van der Waals surface area contributed by atoms with Crippen molar-refractivity contribution in [1.82, 2.24) is 5.32 Å². The molecule has 1 N–H and O–H groups in total. The molecule has 1 aromatic carbocycles. The fourth-order valence-corrected chi connectivity index (χ4v) is 2.89. The van der Waals surface area contributed by atoms with E-state index in [2.05, 4.69) is 21.2 Å². The molecule has 0 aromatic heterocycles. The first kappa shape index (κ1) is 15.6. The van der Waals surface area contributed by atoms with Gasteiger partial charge < -0.3 is 5.32 Å². The number of sulfone groups is 1. The summed E-state index contributed by atoms with van der Waals surface area (Å²) in [5.74, 6) is -0.437. The van der Waals surface area contributed by atoms with Crippen LogP contribution in [0.1, 0.15) is 25.5 Å². The van der Waals surface area contributed by atoms with Crippen molar-refractivity contribution < 1.29 is 12.8 Å². The highest BCUT2D eigenvalue weighted by Gasteiger charge is 2.40. The lowest BCUT2D eigenvalue weighted by Crippen LogP contribution is -2.44. The number of halogens is 2. The molecule has 6 heteroatoms. The van der Waals surface area contributed by atoms with Gasteiger partial charge in [-0.15, -0.1) is 0 Å². The van der Waals surface area contributed by atoms with Gasteiger partial charge in [-0.3, -0.25) is 0 Å². The van der Waals surface area contributed by atoms with Crippen LogP contribution in [0.15, 0.2) is 22.7 Å². The summed E-state index contributed by atoms with van der Waals surface area (Å²) in [6, 6.07) is 4.24. The quantitative estimate of drug-likeness (QED) is 0.918. The standard InChI is InChI=1S/C12H17BrFNO2S/c1-12(2,18(4,16)17)11(15-3)8-6-5-7-9(13)10(8)14/h5-7,11,15H,1-4H3. The van der Waals surface area contributed by atoms with Crippen LogP contribution in [-0.4, -0.2) is 26.5 Å². The summed E-state index contributed by atoms with van der Waals surface area (Å²) in [4.78, 5) is 0. The molecule has 0 bridgehead atoms. The lowest BCUT2D eigenvalue weighted by atomic mass is 9.95. The summed E-state index contributed by atoms with van der Waals surface area (Å²) in [6.07, 6.45) is 1.16. The Morgan fingerprint density at radius 1 is 1.39 bits per heavy atom. The highest BCUT2D eigenvalue weighted by atomic mass is 79.9. The third kappa shape index (κ3) is 2.75. The van der Waals surface area contributed by atoms with Gasteiger partial charge in [-0.1, -0.05) is 12.1 Å². The summed E-state index contributed by atoms with van der Waals surface area (Å²) in [7, 11) is -1.71. The van der Waals surface area contributed by atoms with E-state index in [1.54, 1.807) is 39.1 Å². The summed E-state index contributed by atoms with van der Waals surface area (Å²) in [5, 5.41) is 2.89. The second-order valence-corrected chi connectivity index (χ2v) is 8.19. The molecule has 1 rings (SSSR count). The van der Waals surface area contributed by atoms with Gasteiger partial charge in [0.1, 0.15) is 5.82 Å². The normalized spacial score (nSPS) is 14.6. The summed E-state index contributed by atoms with van der Waals surface area (Å²) in [5.41, 5.74) is 0.335. The van der Waals surface area contributed by atoms with Gasteiger partial charge in [-0.05, 0) is 42.9 Å². The van der Waals surface area contributed by atoms with Crippen LogP contribution in [0.2, 0.25) is 0 Å². The maximum absolute atomic E-state index is 14.1. The monoisotopic (exact) mass is 337 g/mol. The minimum absolute atomic E-state index is 0.324. The Balaban J connectivity index is 3.40. The van der Waals surface area contributed by atoms with Gasteiger partial charge in [0.2, 0.25) is 0 Å². The number of rotatable bonds is 4. The van der Waals surface area contributed by atoms with Crippen molar-refractivity contribution in [1.29, 1.82) is 0 Å².